The summed E-state index contributed by atoms with van der Waals surface area (Å²) in [5.41, 5.74) is 16.2. The Kier molecular flexibility index (Phi) is 13.4. The molecule has 0 aromatic heterocycles. The Morgan fingerprint density at radius 3 is 1.77 bits per heavy atom. The minimum Gasteiger partial charge on any atom is -0.376 e. The van der Waals surface area contributed by atoms with Crippen molar-refractivity contribution in [3.8, 4) is 22.3 Å². The van der Waals surface area contributed by atoms with E-state index in [2.05, 4.69) is 190 Å². The first-order chi connectivity index (χ1) is 24.8. The van der Waals surface area contributed by atoms with Crippen molar-refractivity contribution >= 4 is 30.7 Å². The molecule has 53 heavy (non-hydrogen) atoms. The van der Waals surface area contributed by atoms with Crippen LogP contribution in [0.25, 0.3) is 22.3 Å². The van der Waals surface area contributed by atoms with Crippen LogP contribution in [0.3, 0.4) is 0 Å². The molecular formula is C50H69IOSi. The molecule has 0 N–H and O–H groups in total. The van der Waals surface area contributed by atoms with Gasteiger partial charge in [0.05, 0.1) is 13.7 Å². The number of hydrogen-bond donors (Lipinski definition) is 0. The second-order valence-corrected chi connectivity index (χ2v) is 25.3. The van der Waals surface area contributed by atoms with Crippen LogP contribution in [0.5, 0.6) is 0 Å². The third kappa shape index (κ3) is 9.79. The minimum atomic E-state index is -1.97. The summed E-state index contributed by atoms with van der Waals surface area (Å²) in [6.45, 7) is 29.2. The van der Waals surface area contributed by atoms with E-state index >= 15 is 0 Å². The minimum absolute atomic E-state index is 0.0556. The molecule has 0 bridgehead atoms. The van der Waals surface area contributed by atoms with Crippen LogP contribution in [0.15, 0.2) is 84.9 Å². The Hall–Kier alpha value is -2.21. The summed E-state index contributed by atoms with van der Waals surface area (Å²) in [4.78, 5) is 0. The highest BCUT2D eigenvalue weighted by Gasteiger charge is 2.48. The van der Waals surface area contributed by atoms with Crippen molar-refractivity contribution in [2.24, 2.45) is 5.92 Å². The molecule has 1 aliphatic carbocycles. The van der Waals surface area contributed by atoms with Gasteiger partial charge < -0.3 is 4.74 Å². The molecule has 286 valence electrons. The van der Waals surface area contributed by atoms with Crippen molar-refractivity contribution in [3.63, 3.8) is 0 Å². The number of hydrogen-bond acceptors (Lipinski definition) is 1. The molecule has 0 radical (unpaired) electrons. The van der Waals surface area contributed by atoms with Gasteiger partial charge in [-0.2, -0.15) is 0 Å². The van der Waals surface area contributed by atoms with Gasteiger partial charge in [0.25, 0.3) is 0 Å². The zero-order valence-electron chi connectivity index (χ0n) is 35.3. The molecule has 4 aromatic carbocycles. The number of unbranched alkanes of at least 4 members (excludes halogenated alkanes) is 3. The topological polar surface area (TPSA) is 9.23 Å². The molecule has 0 amide bonds. The second-order valence-electron chi connectivity index (χ2n) is 19.5. The molecule has 1 nitrogen and oxygen atoms in total. The summed E-state index contributed by atoms with van der Waals surface area (Å²) in [5.74, 6) is 0.635. The number of halogens is 1. The number of benzene rings is 4. The number of rotatable bonds is 13. The molecule has 0 spiro atoms. The molecule has 0 heterocycles. The van der Waals surface area contributed by atoms with E-state index in [1.165, 1.54) is 65.1 Å². The normalized spacial score (nSPS) is 18.1. The average Bonchev–Trinajstić information content (AvgIpc) is 3.45. The lowest BCUT2D eigenvalue weighted by Gasteiger charge is -2.43. The number of ether oxygens (including phenoxy) is 1. The molecule has 4 aromatic rings. The zero-order valence-corrected chi connectivity index (χ0v) is 38.4. The van der Waals surface area contributed by atoms with Gasteiger partial charge in [0.1, 0.15) is 0 Å². The molecule has 1 aliphatic rings. The van der Waals surface area contributed by atoms with Crippen LogP contribution in [0.1, 0.15) is 146 Å². The molecule has 0 aliphatic heterocycles. The standard InChI is InChI=1S/C50H69IOSi/c1-35-33-45-42(37-23-27-39(28-24-37)48(3,4)5)20-18-22-44(45)47(35)53(12,32-16-14-13-15-31-52-50(9,10)11)36(2)41-19-17-21-43(46(41)34-51)38-25-29-40(30-26-38)49(6,7)8/h17-30,35-36,47H,13-16,31-34H2,1-12H3/t35?,36-,47?,53?/m1/s1. The summed E-state index contributed by atoms with van der Waals surface area (Å²) in [6.07, 6.45) is 6.18. The number of alkyl halides is 1. The maximum Gasteiger partial charge on any atom is 0.0657 e. The van der Waals surface area contributed by atoms with Crippen LogP contribution in [-0.4, -0.2) is 20.3 Å². The average molecular weight is 841 g/mol. The monoisotopic (exact) mass is 840 g/mol. The lowest BCUT2D eigenvalue weighted by Crippen LogP contribution is -2.46. The summed E-state index contributed by atoms with van der Waals surface area (Å²) in [7, 11) is -1.97. The van der Waals surface area contributed by atoms with Crippen LogP contribution in [0, 0.1) is 5.92 Å². The first-order valence-corrected chi connectivity index (χ1v) is 24.9. The van der Waals surface area contributed by atoms with Gasteiger partial charge in [-0.15, -0.1) is 0 Å². The molecular weight excluding hydrogens is 772 g/mol. The molecule has 0 saturated carbocycles. The summed E-state index contributed by atoms with van der Waals surface area (Å²) >= 11 is 2.64. The van der Waals surface area contributed by atoms with Crippen LogP contribution in [0.4, 0.5) is 0 Å². The van der Waals surface area contributed by atoms with Gasteiger partial charge in [0.15, 0.2) is 0 Å². The van der Waals surface area contributed by atoms with Gasteiger partial charge in [-0.25, -0.2) is 0 Å². The maximum atomic E-state index is 6.08. The van der Waals surface area contributed by atoms with Crippen molar-refractivity contribution in [1.82, 2.24) is 0 Å². The van der Waals surface area contributed by atoms with E-state index in [4.69, 9.17) is 4.74 Å². The molecule has 5 rings (SSSR count). The van der Waals surface area contributed by atoms with Gasteiger partial charge >= 0.3 is 0 Å². The van der Waals surface area contributed by atoms with Crippen LogP contribution < -0.4 is 0 Å². The summed E-state index contributed by atoms with van der Waals surface area (Å²) in [6, 6.07) is 34.7. The Balaban J connectivity index is 1.53. The highest BCUT2D eigenvalue weighted by atomic mass is 127. The Bertz CT molecular complexity index is 1800. The fourth-order valence-electron chi connectivity index (χ4n) is 9.21. The Morgan fingerprint density at radius 1 is 0.698 bits per heavy atom. The van der Waals surface area contributed by atoms with Crippen molar-refractivity contribution in [1.29, 1.82) is 0 Å². The summed E-state index contributed by atoms with van der Waals surface area (Å²) < 4.78 is 7.11. The third-order valence-electron chi connectivity index (χ3n) is 12.4. The van der Waals surface area contributed by atoms with Gasteiger partial charge in [-0.1, -0.05) is 195 Å². The predicted octanol–water partition coefficient (Wildman–Crippen LogP) is 15.2. The van der Waals surface area contributed by atoms with Gasteiger partial charge in [-0.05, 0) is 117 Å². The Morgan fingerprint density at radius 2 is 1.23 bits per heavy atom. The van der Waals surface area contributed by atoms with E-state index in [1.54, 1.807) is 22.3 Å². The van der Waals surface area contributed by atoms with E-state index in [9.17, 15) is 0 Å². The summed E-state index contributed by atoms with van der Waals surface area (Å²) in [5, 5.41) is 0. The van der Waals surface area contributed by atoms with E-state index < -0.39 is 8.07 Å². The highest BCUT2D eigenvalue weighted by Crippen LogP contribution is 2.53. The third-order valence-corrected chi connectivity index (χ3v) is 19.2. The second kappa shape index (κ2) is 16.9. The van der Waals surface area contributed by atoms with Crippen molar-refractivity contribution in [3.05, 3.63) is 118 Å². The van der Waals surface area contributed by atoms with E-state index in [-0.39, 0.29) is 16.4 Å². The molecule has 4 atom stereocenters. The fraction of sp³-hybridized carbons (Fsp3) is 0.520. The van der Waals surface area contributed by atoms with Crippen molar-refractivity contribution in [2.75, 3.05) is 6.61 Å². The molecule has 3 unspecified atom stereocenters. The predicted molar refractivity (Wildman–Crippen MR) is 244 cm³/mol. The van der Waals surface area contributed by atoms with Gasteiger partial charge in [0.2, 0.25) is 0 Å². The smallest absolute Gasteiger partial charge is 0.0657 e. The quantitative estimate of drug-likeness (QED) is 0.0564. The fourth-order valence-corrected chi connectivity index (χ4v) is 15.7. The van der Waals surface area contributed by atoms with E-state index in [1.807, 2.05) is 0 Å². The lowest BCUT2D eigenvalue weighted by molar-refractivity contribution is -0.00471. The van der Waals surface area contributed by atoms with Crippen molar-refractivity contribution < 1.29 is 4.74 Å². The largest absolute Gasteiger partial charge is 0.376 e. The van der Waals surface area contributed by atoms with Crippen LogP contribution >= 0.6 is 22.6 Å². The molecule has 0 saturated heterocycles. The maximum absolute atomic E-state index is 6.08. The number of fused-ring (bicyclic) bond motifs is 1. The van der Waals surface area contributed by atoms with E-state index in [0.717, 1.165) is 17.5 Å². The van der Waals surface area contributed by atoms with E-state index in [0.29, 0.717) is 17.0 Å². The molecule has 3 heteroatoms. The van der Waals surface area contributed by atoms with Crippen molar-refractivity contribution in [2.45, 2.75) is 153 Å². The Labute approximate surface area is 339 Å². The first-order valence-electron chi connectivity index (χ1n) is 20.5. The highest BCUT2D eigenvalue weighted by molar-refractivity contribution is 14.1. The SMILES string of the molecule is CC1Cc2c(-c3ccc(C(C)(C)C)cc3)cccc2C1[Si](C)(CCCCCCOC(C)(C)C)[C@H](C)c1cccc(-c2ccc(C(C)(C)C)cc2)c1CI. The first kappa shape index (κ1) is 41.9. The zero-order chi connectivity index (χ0) is 38.8. The van der Waals surface area contributed by atoms with Gasteiger partial charge in [-0.3, -0.25) is 0 Å². The van der Waals surface area contributed by atoms with Crippen LogP contribution in [0.2, 0.25) is 12.6 Å². The molecule has 0 fully saturated rings. The van der Waals surface area contributed by atoms with Crippen LogP contribution in [-0.2, 0) is 26.4 Å². The van der Waals surface area contributed by atoms with Gasteiger partial charge in [0, 0.05) is 11.0 Å². The lowest BCUT2D eigenvalue weighted by atomic mass is 9.85.